The smallest absolute Gasteiger partial charge is 0.373 e. The van der Waals surface area contributed by atoms with Crippen molar-refractivity contribution in [2.75, 3.05) is 26.8 Å². The first-order chi connectivity index (χ1) is 8.72. The van der Waals surface area contributed by atoms with Crippen LogP contribution in [-0.4, -0.2) is 42.8 Å². The molecule has 0 bridgehead atoms. The van der Waals surface area contributed by atoms with Crippen LogP contribution in [0.3, 0.4) is 0 Å². The lowest BCUT2D eigenvalue weighted by Crippen LogP contribution is -2.34. The fourth-order valence-electron chi connectivity index (χ4n) is 2.22. The molecule has 100 valence electrons. The first kappa shape index (κ1) is 13.1. The summed E-state index contributed by atoms with van der Waals surface area (Å²) in [5, 5.41) is 9.07. The summed E-state index contributed by atoms with van der Waals surface area (Å²) in [7, 11) is 1.34. The van der Waals surface area contributed by atoms with Crippen LogP contribution in [0.15, 0.2) is 16.5 Å². The van der Waals surface area contributed by atoms with Crippen LogP contribution in [0.1, 0.15) is 29.2 Å². The molecule has 1 aromatic heterocycles. The molecule has 2 rings (SSSR count). The summed E-state index contributed by atoms with van der Waals surface area (Å²) in [6, 6.07) is 3.45. The van der Waals surface area contributed by atoms with Crippen molar-refractivity contribution in [3.05, 3.63) is 23.7 Å². The predicted molar refractivity (Wildman–Crippen MR) is 65.1 cm³/mol. The van der Waals surface area contributed by atoms with E-state index < -0.39 is 5.97 Å². The molecule has 0 aliphatic carbocycles. The SMILES string of the molecule is COC(=O)c1ccc(CN2CCC(CO)CC2)o1. The highest BCUT2D eigenvalue weighted by Crippen LogP contribution is 2.19. The minimum atomic E-state index is -0.444. The van der Waals surface area contributed by atoms with Gasteiger partial charge in [0.2, 0.25) is 5.76 Å². The van der Waals surface area contributed by atoms with Crippen molar-refractivity contribution in [1.82, 2.24) is 4.90 Å². The van der Waals surface area contributed by atoms with Gasteiger partial charge in [-0.3, -0.25) is 4.90 Å². The van der Waals surface area contributed by atoms with E-state index in [9.17, 15) is 4.79 Å². The van der Waals surface area contributed by atoms with Crippen LogP contribution in [0.25, 0.3) is 0 Å². The van der Waals surface area contributed by atoms with Gasteiger partial charge in [-0.2, -0.15) is 0 Å². The Labute approximate surface area is 106 Å². The molecule has 0 aromatic carbocycles. The van der Waals surface area contributed by atoms with E-state index in [1.807, 2.05) is 6.07 Å². The Morgan fingerprint density at radius 1 is 1.50 bits per heavy atom. The highest BCUT2D eigenvalue weighted by Gasteiger charge is 2.20. The van der Waals surface area contributed by atoms with Gasteiger partial charge >= 0.3 is 5.97 Å². The minimum absolute atomic E-state index is 0.248. The molecule has 1 aliphatic rings. The average molecular weight is 253 g/mol. The van der Waals surface area contributed by atoms with E-state index in [-0.39, 0.29) is 12.4 Å². The van der Waals surface area contributed by atoms with Crippen molar-refractivity contribution in [2.45, 2.75) is 19.4 Å². The predicted octanol–water partition coefficient (Wildman–Crippen LogP) is 1.27. The number of carbonyl (C=O) groups is 1. The van der Waals surface area contributed by atoms with Gasteiger partial charge < -0.3 is 14.3 Å². The number of piperidine rings is 1. The van der Waals surface area contributed by atoms with Crippen molar-refractivity contribution < 1.29 is 19.1 Å². The summed E-state index contributed by atoms with van der Waals surface area (Å²) in [6.45, 7) is 2.90. The number of aliphatic hydroxyl groups excluding tert-OH is 1. The molecule has 0 saturated carbocycles. The molecule has 0 atom stereocenters. The maximum atomic E-state index is 11.2. The van der Waals surface area contributed by atoms with Gasteiger partial charge in [-0.25, -0.2) is 4.79 Å². The highest BCUT2D eigenvalue weighted by molar-refractivity contribution is 5.86. The van der Waals surface area contributed by atoms with Gasteiger partial charge in [0.05, 0.1) is 13.7 Å². The summed E-state index contributed by atoms with van der Waals surface area (Å²) >= 11 is 0. The summed E-state index contributed by atoms with van der Waals surface area (Å²) in [5.41, 5.74) is 0. The molecule has 1 fully saturated rings. The molecule has 0 radical (unpaired) electrons. The fourth-order valence-corrected chi connectivity index (χ4v) is 2.22. The lowest BCUT2D eigenvalue weighted by Gasteiger charge is -2.30. The molecule has 1 aromatic rings. The zero-order chi connectivity index (χ0) is 13.0. The van der Waals surface area contributed by atoms with Crippen LogP contribution in [0.5, 0.6) is 0 Å². The molecule has 2 heterocycles. The Kier molecular flexibility index (Phi) is 4.38. The minimum Gasteiger partial charge on any atom is -0.463 e. The van der Waals surface area contributed by atoms with Gasteiger partial charge in [0, 0.05) is 6.61 Å². The van der Waals surface area contributed by atoms with E-state index in [0.29, 0.717) is 12.5 Å². The first-order valence-electron chi connectivity index (χ1n) is 6.23. The zero-order valence-corrected chi connectivity index (χ0v) is 10.6. The Morgan fingerprint density at radius 2 is 2.22 bits per heavy atom. The standard InChI is InChI=1S/C13H19NO4/c1-17-13(16)12-3-2-11(18-12)8-14-6-4-10(9-15)5-7-14/h2-3,10,15H,4-9H2,1H3. The third kappa shape index (κ3) is 3.11. The Balaban J connectivity index is 1.86. The average Bonchev–Trinajstić information content (AvgIpc) is 2.87. The van der Waals surface area contributed by atoms with Crippen LogP contribution in [0, 0.1) is 5.92 Å². The lowest BCUT2D eigenvalue weighted by atomic mass is 9.98. The number of furan rings is 1. The van der Waals surface area contributed by atoms with E-state index in [2.05, 4.69) is 9.64 Å². The number of rotatable bonds is 4. The number of aliphatic hydroxyl groups is 1. The maximum Gasteiger partial charge on any atom is 0.373 e. The second-order valence-electron chi connectivity index (χ2n) is 4.66. The van der Waals surface area contributed by atoms with Crippen LogP contribution in [0.4, 0.5) is 0 Å². The van der Waals surface area contributed by atoms with Crippen LogP contribution in [0.2, 0.25) is 0 Å². The second-order valence-corrected chi connectivity index (χ2v) is 4.66. The Bertz CT molecular complexity index is 393. The van der Waals surface area contributed by atoms with Crippen molar-refractivity contribution in [2.24, 2.45) is 5.92 Å². The van der Waals surface area contributed by atoms with Crippen molar-refractivity contribution in [3.63, 3.8) is 0 Å². The summed E-state index contributed by atoms with van der Waals surface area (Å²) < 4.78 is 10.0. The van der Waals surface area contributed by atoms with Gasteiger partial charge in [-0.05, 0) is 44.0 Å². The number of methoxy groups -OCH3 is 1. The van der Waals surface area contributed by atoms with Gasteiger partial charge in [-0.1, -0.05) is 0 Å². The number of esters is 1. The number of nitrogens with zero attached hydrogens (tertiary/aromatic N) is 1. The molecule has 1 aliphatic heterocycles. The van der Waals surface area contributed by atoms with Crippen molar-refractivity contribution in [3.8, 4) is 0 Å². The molecule has 5 nitrogen and oxygen atoms in total. The third-order valence-electron chi connectivity index (χ3n) is 3.39. The van der Waals surface area contributed by atoms with Crippen molar-refractivity contribution in [1.29, 1.82) is 0 Å². The van der Waals surface area contributed by atoms with Crippen molar-refractivity contribution >= 4 is 5.97 Å². The molecule has 0 amide bonds. The zero-order valence-electron chi connectivity index (χ0n) is 10.6. The quantitative estimate of drug-likeness (QED) is 0.819. The van der Waals surface area contributed by atoms with Gasteiger partial charge in [-0.15, -0.1) is 0 Å². The molecular weight excluding hydrogens is 234 g/mol. The van der Waals surface area contributed by atoms with Crippen LogP contribution in [-0.2, 0) is 11.3 Å². The first-order valence-corrected chi connectivity index (χ1v) is 6.23. The Hall–Kier alpha value is -1.33. The highest BCUT2D eigenvalue weighted by atomic mass is 16.5. The van der Waals surface area contributed by atoms with E-state index in [4.69, 9.17) is 9.52 Å². The number of hydrogen-bond donors (Lipinski definition) is 1. The van der Waals surface area contributed by atoms with E-state index in [1.54, 1.807) is 6.07 Å². The summed E-state index contributed by atoms with van der Waals surface area (Å²) in [4.78, 5) is 13.5. The number of likely N-dealkylation sites (tertiary alicyclic amines) is 1. The molecule has 1 saturated heterocycles. The van der Waals surface area contributed by atoms with E-state index >= 15 is 0 Å². The number of carbonyl (C=O) groups excluding carboxylic acids is 1. The Morgan fingerprint density at radius 3 is 2.83 bits per heavy atom. The molecule has 1 N–H and O–H groups in total. The van der Waals surface area contributed by atoms with Gasteiger partial charge in [0.25, 0.3) is 0 Å². The monoisotopic (exact) mass is 253 g/mol. The maximum absolute atomic E-state index is 11.2. The number of hydrogen-bond acceptors (Lipinski definition) is 5. The third-order valence-corrected chi connectivity index (χ3v) is 3.39. The molecule has 5 heteroatoms. The van der Waals surface area contributed by atoms with Crippen LogP contribution < -0.4 is 0 Å². The fraction of sp³-hybridized carbons (Fsp3) is 0.615. The topological polar surface area (TPSA) is 62.9 Å². The van der Waals surface area contributed by atoms with E-state index in [1.165, 1.54) is 7.11 Å². The lowest BCUT2D eigenvalue weighted by molar-refractivity contribution is 0.0559. The second kappa shape index (κ2) is 6.02. The van der Waals surface area contributed by atoms with Gasteiger partial charge in [0.15, 0.2) is 0 Å². The molecule has 18 heavy (non-hydrogen) atoms. The van der Waals surface area contributed by atoms with Crippen LogP contribution >= 0.6 is 0 Å². The van der Waals surface area contributed by atoms with E-state index in [0.717, 1.165) is 31.7 Å². The normalized spacial score (nSPS) is 17.9. The largest absolute Gasteiger partial charge is 0.463 e. The molecule has 0 unspecified atom stereocenters. The molecular formula is C13H19NO4. The van der Waals surface area contributed by atoms with Gasteiger partial charge in [0.1, 0.15) is 5.76 Å². The summed E-state index contributed by atoms with van der Waals surface area (Å²) in [6.07, 6.45) is 2.03. The molecule has 0 spiro atoms. The number of ether oxygens (including phenoxy) is 1. The summed E-state index contributed by atoms with van der Waals surface area (Å²) in [5.74, 6) is 1.01.